The highest BCUT2D eigenvalue weighted by atomic mass is 16.3. The molecule has 6 rings (SSSR count). The van der Waals surface area contributed by atoms with Crippen molar-refractivity contribution in [2.75, 3.05) is 0 Å². The second kappa shape index (κ2) is 6.96. The molecule has 0 aliphatic heterocycles. The normalized spacial score (nSPS) is 11.4. The lowest BCUT2D eigenvalue weighted by Gasteiger charge is -2.06. The van der Waals surface area contributed by atoms with E-state index < -0.39 is 0 Å². The number of rotatable bonds is 3. The molecule has 0 N–H and O–H groups in total. The van der Waals surface area contributed by atoms with Gasteiger partial charge in [0.25, 0.3) is 0 Å². The Morgan fingerprint density at radius 2 is 1.29 bits per heavy atom. The van der Waals surface area contributed by atoms with Crippen molar-refractivity contribution in [3.63, 3.8) is 0 Å². The van der Waals surface area contributed by atoms with E-state index in [9.17, 15) is 4.79 Å². The Bertz CT molecular complexity index is 1590. The zero-order valence-electron chi connectivity index (χ0n) is 16.7. The highest BCUT2D eigenvalue weighted by Gasteiger charge is 2.13. The summed E-state index contributed by atoms with van der Waals surface area (Å²) in [5.41, 5.74) is 5.19. The Morgan fingerprint density at radius 1 is 0.581 bits per heavy atom. The second-order valence-corrected chi connectivity index (χ2v) is 7.75. The molecule has 2 nitrogen and oxygen atoms in total. The summed E-state index contributed by atoms with van der Waals surface area (Å²) in [6.07, 6.45) is 0. The molecule has 0 fully saturated rings. The molecule has 0 spiro atoms. The smallest absolute Gasteiger partial charge is 0.193 e. The van der Waals surface area contributed by atoms with Crippen LogP contribution < -0.4 is 0 Å². The molecule has 0 aliphatic carbocycles. The Balaban J connectivity index is 1.39. The van der Waals surface area contributed by atoms with Crippen LogP contribution in [0.3, 0.4) is 0 Å². The van der Waals surface area contributed by atoms with Crippen molar-refractivity contribution in [3.8, 4) is 11.1 Å². The van der Waals surface area contributed by atoms with Crippen LogP contribution in [0.4, 0.5) is 0 Å². The number of furan rings is 1. The van der Waals surface area contributed by atoms with E-state index in [1.54, 1.807) is 0 Å². The molecule has 1 aromatic heterocycles. The van der Waals surface area contributed by atoms with Gasteiger partial charge in [0.2, 0.25) is 0 Å². The first-order valence-corrected chi connectivity index (χ1v) is 10.3. The Kier molecular flexibility index (Phi) is 3.97. The van der Waals surface area contributed by atoms with E-state index in [2.05, 4.69) is 24.3 Å². The van der Waals surface area contributed by atoms with Crippen LogP contribution in [0.25, 0.3) is 43.8 Å². The highest BCUT2D eigenvalue weighted by Crippen LogP contribution is 2.35. The van der Waals surface area contributed by atoms with E-state index in [0.717, 1.165) is 43.8 Å². The number of fused-ring (bicyclic) bond motifs is 4. The van der Waals surface area contributed by atoms with Crippen molar-refractivity contribution >= 4 is 38.5 Å². The number of ketones is 1. The molecule has 0 saturated carbocycles. The standard InChI is InChI=1S/C29H18O2/c30-28(23-17-12-19-6-1-2-7-22(19)18-23)21-15-13-20(14-16-21)24-9-5-10-26-25-8-3-4-11-27(25)31-29(24)26/h1-18H. The van der Waals surface area contributed by atoms with Gasteiger partial charge in [-0.3, -0.25) is 4.79 Å². The predicted molar refractivity (Wildman–Crippen MR) is 127 cm³/mol. The first-order valence-electron chi connectivity index (χ1n) is 10.3. The van der Waals surface area contributed by atoms with Gasteiger partial charge < -0.3 is 4.42 Å². The van der Waals surface area contributed by atoms with Crippen LogP contribution in [-0.2, 0) is 0 Å². The van der Waals surface area contributed by atoms with E-state index in [1.807, 2.05) is 84.9 Å². The minimum absolute atomic E-state index is 0.0271. The topological polar surface area (TPSA) is 30.2 Å². The summed E-state index contributed by atoms with van der Waals surface area (Å²) in [6, 6.07) is 36.0. The third-order valence-corrected chi connectivity index (χ3v) is 5.87. The van der Waals surface area contributed by atoms with E-state index in [1.165, 1.54) is 0 Å². The minimum atomic E-state index is 0.0271. The summed E-state index contributed by atoms with van der Waals surface area (Å²) in [7, 11) is 0. The monoisotopic (exact) mass is 398 g/mol. The number of hydrogen-bond donors (Lipinski definition) is 0. The number of hydrogen-bond acceptors (Lipinski definition) is 2. The number of carbonyl (C=O) groups is 1. The molecule has 5 aromatic carbocycles. The summed E-state index contributed by atoms with van der Waals surface area (Å²) >= 11 is 0. The van der Waals surface area contributed by atoms with Crippen molar-refractivity contribution < 1.29 is 9.21 Å². The zero-order chi connectivity index (χ0) is 20.8. The molecule has 0 saturated heterocycles. The lowest BCUT2D eigenvalue weighted by molar-refractivity contribution is 0.103. The van der Waals surface area contributed by atoms with Gasteiger partial charge in [-0.15, -0.1) is 0 Å². The van der Waals surface area contributed by atoms with Crippen molar-refractivity contribution in [1.29, 1.82) is 0 Å². The van der Waals surface area contributed by atoms with Crippen LogP contribution in [0.15, 0.2) is 114 Å². The van der Waals surface area contributed by atoms with Gasteiger partial charge in [0, 0.05) is 27.5 Å². The van der Waals surface area contributed by atoms with Gasteiger partial charge in [-0.1, -0.05) is 97.1 Å². The summed E-state index contributed by atoms with van der Waals surface area (Å²) in [4.78, 5) is 13.0. The summed E-state index contributed by atoms with van der Waals surface area (Å²) in [5, 5.41) is 4.42. The number of carbonyl (C=O) groups excluding carboxylic acids is 1. The quantitative estimate of drug-likeness (QED) is 0.287. The number of benzene rings is 5. The molecule has 0 bridgehead atoms. The molecule has 31 heavy (non-hydrogen) atoms. The Hall–Kier alpha value is -4.17. The molecule has 1 heterocycles. The molecule has 2 heteroatoms. The van der Waals surface area contributed by atoms with Crippen LogP contribution >= 0.6 is 0 Å². The third-order valence-electron chi connectivity index (χ3n) is 5.87. The molecule has 0 aliphatic rings. The van der Waals surface area contributed by atoms with Crippen LogP contribution in [0, 0.1) is 0 Å². The molecule has 0 atom stereocenters. The van der Waals surface area contributed by atoms with Crippen LogP contribution in [0.2, 0.25) is 0 Å². The maximum Gasteiger partial charge on any atom is 0.193 e. The molecule has 146 valence electrons. The van der Waals surface area contributed by atoms with Crippen molar-refractivity contribution in [2.24, 2.45) is 0 Å². The van der Waals surface area contributed by atoms with Crippen LogP contribution in [-0.4, -0.2) is 5.78 Å². The Morgan fingerprint density at radius 3 is 2.16 bits per heavy atom. The second-order valence-electron chi connectivity index (χ2n) is 7.75. The van der Waals surface area contributed by atoms with Crippen molar-refractivity contribution in [3.05, 3.63) is 120 Å². The van der Waals surface area contributed by atoms with Crippen LogP contribution in [0.5, 0.6) is 0 Å². The minimum Gasteiger partial charge on any atom is -0.455 e. The van der Waals surface area contributed by atoms with E-state index in [4.69, 9.17) is 4.42 Å². The van der Waals surface area contributed by atoms with Crippen LogP contribution in [0.1, 0.15) is 15.9 Å². The van der Waals surface area contributed by atoms with E-state index in [-0.39, 0.29) is 5.78 Å². The summed E-state index contributed by atoms with van der Waals surface area (Å²) in [6.45, 7) is 0. The summed E-state index contributed by atoms with van der Waals surface area (Å²) < 4.78 is 6.16. The fourth-order valence-electron chi connectivity index (χ4n) is 4.27. The lowest BCUT2D eigenvalue weighted by Crippen LogP contribution is -2.01. The fourth-order valence-corrected chi connectivity index (χ4v) is 4.27. The van der Waals surface area contributed by atoms with Gasteiger partial charge in [-0.2, -0.15) is 0 Å². The third kappa shape index (κ3) is 2.92. The van der Waals surface area contributed by atoms with Gasteiger partial charge in [-0.25, -0.2) is 0 Å². The fraction of sp³-hybridized carbons (Fsp3) is 0. The SMILES string of the molecule is O=C(c1ccc(-c2cccc3c2oc2ccccc23)cc1)c1ccc2ccccc2c1. The Labute approximate surface area is 179 Å². The maximum absolute atomic E-state index is 13.0. The van der Waals surface area contributed by atoms with Crippen molar-refractivity contribution in [1.82, 2.24) is 0 Å². The van der Waals surface area contributed by atoms with Gasteiger partial charge >= 0.3 is 0 Å². The molecule has 0 radical (unpaired) electrons. The average Bonchev–Trinajstić information content (AvgIpc) is 3.22. The average molecular weight is 398 g/mol. The molecule has 6 aromatic rings. The predicted octanol–water partition coefficient (Wildman–Crippen LogP) is 7.64. The maximum atomic E-state index is 13.0. The lowest BCUT2D eigenvalue weighted by atomic mass is 9.97. The largest absolute Gasteiger partial charge is 0.455 e. The van der Waals surface area contributed by atoms with Gasteiger partial charge in [0.1, 0.15) is 11.2 Å². The van der Waals surface area contributed by atoms with Gasteiger partial charge in [-0.05, 0) is 28.5 Å². The first kappa shape index (κ1) is 17.7. The van der Waals surface area contributed by atoms with Crippen molar-refractivity contribution in [2.45, 2.75) is 0 Å². The number of para-hydroxylation sites is 2. The van der Waals surface area contributed by atoms with E-state index >= 15 is 0 Å². The van der Waals surface area contributed by atoms with Gasteiger partial charge in [0.15, 0.2) is 5.78 Å². The molecule has 0 unspecified atom stereocenters. The molecular formula is C29H18O2. The zero-order valence-corrected chi connectivity index (χ0v) is 16.7. The molecule has 0 amide bonds. The van der Waals surface area contributed by atoms with Gasteiger partial charge in [0.05, 0.1) is 0 Å². The van der Waals surface area contributed by atoms with E-state index in [0.29, 0.717) is 11.1 Å². The highest BCUT2D eigenvalue weighted by molar-refractivity contribution is 6.12. The summed E-state index contributed by atoms with van der Waals surface area (Å²) in [5.74, 6) is 0.0271. The first-order chi connectivity index (χ1) is 15.3. The molecular weight excluding hydrogens is 380 g/mol.